The average molecular weight is 261 g/mol. The van der Waals surface area contributed by atoms with Gasteiger partial charge in [0.1, 0.15) is 7.85 Å². The molecule has 0 heterocycles. The van der Waals surface area contributed by atoms with Crippen LogP contribution in [-0.2, 0) is 0 Å². The van der Waals surface area contributed by atoms with Crippen LogP contribution in [0.1, 0.15) is 24.8 Å². The molecule has 0 spiro atoms. The van der Waals surface area contributed by atoms with E-state index in [0.717, 1.165) is 19.3 Å². The molecule has 20 heavy (non-hydrogen) atoms. The van der Waals surface area contributed by atoms with Gasteiger partial charge < -0.3 is 5.32 Å². The number of hydrogen-bond donors (Lipinski definition) is 1. The summed E-state index contributed by atoms with van der Waals surface area (Å²) in [5.74, 6) is 0.625. The first kappa shape index (κ1) is 13.0. The Bertz CT molecular complexity index is 608. The summed E-state index contributed by atoms with van der Waals surface area (Å²) < 4.78 is 0. The van der Waals surface area contributed by atoms with E-state index in [1.807, 2.05) is 0 Å². The van der Waals surface area contributed by atoms with Gasteiger partial charge in [-0.15, -0.1) is 0 Å². The van der Waals surface area contributed by atoms with Crippen molar-refractivity contribution in [3.8, 4) is 0 Å². The summed E-state index contributed by atoms with van der Waals surface area (Å²) in [7, 11) is 2.27. The minimum Gasteiger partial charge on any atom is -0.358 e. The number of nitrogens with one attached hydrogen (secondary N) is 1. The van der Waals surface area contributed by atoms with Crippen molar-refractivity contribution >= 4 is 19.1 Å². The van der Waals surface area contributed by atoms with Crippen molar-refractivity contribution in [2.45, 2.75) is 25.1 Å². The molecule has 1 N–H and O–H groups in total. The highest BCUT2D eigenvalue weighted by molar-refractivity contribution is 6.14. The van der Waals surface area contributed by atoms with Gasteiger partial charge in [0.15, 0.2) is 0 Å². The van der Waals surface area contributed by atoms with Gasteiger partial charge in [0.25, 0.3) is 0 Å². The van der Waals surface area contributed by atoms with Crippen LogP contribution in [-0.4, -0.2) is 7.85 Å². The van der Waals surface area contributed by atoms with E-state index >= 15 is 0 Å². The van der Waals surface area contributed by atoms with E-state index in [1.54, 1.807) is 0 Å². The first-order valence-corrected chi connectivity index (χ1v) is 7.42. The Labute approximate surface area is 122 Å². The Morgan fingerprint density at radius 2 is 2.00 bits per heavy atom. The summed E-state index contributed by atoms with van der Waals surface area (Å²) in [4.78, 5) is 0. The smallest absolute Gasteiger partial charge is 0.110 e. The molecule has 2 heteroatoms. The van der Waals surface area contributed by atoms with Gasteiger partial charge in [-0.2, -0.15) is 0 Å². The van der Waals surface area contributed by atoms with E-state index < -0.39 is 0 Å². The van der Waals surface area contributed by atoms with Crippen molar-refractivity contribution < 1.29 is 0 Å². The van der Waals surface area contributed by atoms with Gasteiger partial charge in [0.05, 0.1) is 0 Å². The second kappa shape index (κ2) is 6.00. The number of benzene rings is 1. The highest BCUT2D eigenvalue weighted by atomic mass is 14.9. The molecule has 100 valence electrons. The van der Waals surface area contributed by atoms with Crippen LogP contribution in [0.2, 0.25) is 5.82 Å². The molecule has 1 nitrogen and oxygen atoms in total. The maximum Gasteiger partial charge on any atom is 0.110 e. The highest BCUT2D eigenvalue weighted by Crippen LogP contribution is 2.33. The third-order valence-electron chi connectivity index (χ3n) is 3.86. The summed E-state index contributed by atoms with van der Waals surface area (Å²) in [5, 5.41) is 3.61. The number of hydrogen-bond acceptors (Lipinski definition) is 1. The van der Waals surface area contributed by atoms with Crippen LogP contribution in [0.5, 0.6) is 0 Å². The first-order valence-electron chi connectivity index (χ1n) is 7.42. The van der Waals surface area contributed by atoms with Crippen LogP contribution in [0.4, 0.5) is 5.69 Å². The molecular formula is C18H20BN. The molecule has 0 aromatic heterocycles. The van der Waals surface area contributed by atoms with E-state index in [1.165, 1.54) is 22.5 Å². The van der Waals surface area contributed by atoms with E-state index in [2.05, 4.69) is 73.9 Å². The fraction of sp³-hybridized carbons (Fsp3) is 0.222. The molecule has 0 aliphatic heterocycles. The van der Waals surface area contributed by atoms with Crippen molar-refractivity contribution in [3.63, 3.8) is 0 Å². The minimum absolute atomic E-state index is 0.625. The van der Waals surface area contributed by atoms with Crippen LogP contribution >= 0.6 is 0 Å². The van der Waals surface area contributed by atoms with E-state index in [9.17, 15) is 0 Å². The molecule has 0 saturated carbocycles. The molecule has 1 aromatic rings. The Morgan fingerprint density at radius 3 is 2.80 bits per heavy atom. The molecule has 1 unspecified atom stereocenters. The Kier molecular flexibility index (Phi) is 3.91. The van der Waals surface area contributed by atoms with Gasteiger partial charge in [0, 0.05) is 16.9 Å². The maximum absolute atomic E-state index is 3.61. The van der Waals surface area contributed by atoms with Gasteiger partial charge in [-0.1, -0.05) is 48.6 Å². The molecule has 0 bridgehead atoms. The summed E-state index contributed by atoms with van der Waals surface area (Å²) in [5.41, 5.74) is 5.29. The zero-order valence-corrected chi connectivity index (χ0v) is 12.0. The highest BCUT2D eigenvalue weighted by Gasteiger charge is 2.12. The Morgan fingerprint density at radius 1 is 1.10 bits per heavy atom. The summed E-state index contributed by atoms with van der Waals surface area (Å²) >= 11 is 0. The monoisotopic (exact) mass is 261 g/mol. The number of rotatable bonds is 3. The predicted molar refractivity (Wildman–Crippen MR) is 90.5 cm³/mol. The molecule has 2 aliphatic rings. The molecule has 0 saturated heterocycles. The molecule has 0 fully saturated rings. The second-order valence-corrected chi connectivity index (χ2v) is 5.59. The molecule has 2 aliphatic carbocycles. The minimum atomic E-state index is 0.625. The maximum atomic E-state index is 3.61. The SMILES string of the molecule is BC1C=CC=C(c2ccccc2NC2=CC=CCC2)C1. The summed E-state index contributed by atoms with van der Waals surface area (Å²) in [6.45, 7) is 0. The zero-order valence-electron chi connectivity index (χ0n) is 12.0. The molecule has 1 aromatic carbocycles. The lowest BCUT2D eigenvalue weighted by molar-refractivity contribution is 0.965. The van der Waals surface area contributed by atoms with Gasteiger partial charge in [-0.25, -0.2) is 0 Å². The van der Waals surface area contributed by atoms with Crippen molar-refractivity contribution in [2.24, 2.45) is 0 Å². The average Bonchev–Trinajstić information content (AvgIpc) is 2.49. The largest absolute Gasteiger partial charge is 0.358 e. The van der Waals surface area contributed by atoms with Gasteiger partial charge in [-0.3, -0.25) is 0 Å². The normalized spacial score (nSPS) is 21.3. The predicted octanol–water partition coefficient (Wildman–Crippen LogP) is 4.10. The van der Waals surface area contributed by atoms with E-state index in [4.69, 9.17) is 0 Å². The van der Waals surface area contributed by atoms with Crippen LogP contribution in [0.15, 0.2) is 66.4 Å². The summed E-state index contributed by atoms with van der Waals surface area (Å²) in [6, 6.07) is 8.63. The quantitative estimate of drug-likeness (QED) is 0.808. The van der Waals surface area contributed by atoms with Gasteiger partial charge >= 0.3 is 0 Å². The third kappa shape index (κ3) is 2.96. The number of anilines is 1. The second-order valence-electron chi connectivity index (χ2n) is 5.59. The lowest BCUT2D eigenvalue weighted by Crippen LogP contribution is -2.05. The topological polar surface area (TPSA) is 12.0 Å². The van der Waals surface area contributed by atoms with Crippen molar-refractivity contribution in [2.75, 3.05) is 5.32 Å². The van der Waals surface area contributed by atoms with E-state index in [-0.39, 0.29) is 0 Å². The Balaban J connectivity index is 1.88. The van der Waals surface area contributed by atoms with Crippen molar-refractivity contribution in [1.29, 1.82) is 0 Å². The Hall–Kier alpha value is -1.96. The molecule has 0 radical (unpaired) electrons. The number of allylic oxidation sites excluding steroid dienone is 8. The third-order valence-corrected chi connectivity index (χ3v) is 3.86. The molecule has 1 atom stereocenters. The molecular weight excluding hydrogens is 241 g/mol. The molecule has 0 amide bonds. The van der Waals surface area contributed by atoms with Crippen LogP contribution in [0, 0.1) is 0 Å². The lowest BCUT2D eigenvalue weighted by atomic mass is 9.77. The van der Waals surface area contributed by atoms with Crippen LogP contribution < -0.4 is 5.32 Å². The first-order chi connectivity index (χ1) is 9.83. The van der Waals surface area contributed by atoms with Gasteiger partial charge in [0.2, 0.25) is 0 Å². The van der Waals surface area contributed by atoms with Crippen molar-refractivity contribution in [1.82, 2.24) is 0 Å². The van der Waals surface area contributed by atoms with Crippen molar-refractivity contribution in [3.05, 3.63) is 72.0 Å². The molecule has 3 rings (SSSR count). The fourth-order valence-corrected chi connectivity index (χ4v) is 2.80. The van der Waals surface area contributed by atoms with Crippen LogP contribution in [0.3, 0.4) is 0 Å². The fourth-order valence-electron chi connectivity index (χ4n) is 2.80. The lowest BCUT2D eigenvalue weighted by Gasteiger charge is -2.20. The zero-order chi connectivity index (χ0) is 13.8. The van der Waals surface area contributed by atoms with Crippen LogP contribution in [0.25, 0.3) is 5.57 Å². The van der Waals surface area contributed by atoms with Gasteiger partial charge in [-0.05, 0) is 42.8 Å². The summed E-state index contributed by atoms with van der Waals surface area (Å²) in [6.07, 6.45) is 16.6. The van der Waals surface area contributed by atoms with E-state index in [0.29, 0.717) is 5.82 Å². The standard InChI is InChI=1S/C18H20BN/c19-15-8-6-7-14(13-15)17-11-4-5-12-18(17)20-16-9-2-1-3-10-16/h1-2,4-9,11-12,15,20H,3,10,13,19H2. The number of para-hydroxylation sites is 1.